The number of anilines is 1. The van der Waals surface area contributed by atoms with Crippen molar-refractivity contribution in [2.75, 3.05) is 12.3 Å². The summed E-state index contributed by atoms with van der Waals surface area (Å²) in [5.41, 5.74) is 6.59. The molecule has 0 spiro atoms. The molecule has 1 aliphatic heterocycles. The van der Waals surface area contributed by atoms with Crippen molar-refractivity contribution in [2.45, 2.75) is 29.3 Å². The van der Waals surface area contributed by atoms with E-state index < -0.39 is 36.0 Å². The second kappa shape index (κ2) is 5.28. The van der Waals surface area contributed by atoms with E-state index in [4.69, 9.17) is 15.6 Å². The molecule has 5 atom stereocenters. The molecule has 0 saturated carbocycles. The third kappa shape index (κ3) is 2.45. The van der Waals surface area contributed by atoms with Crippen molar-refractivity contribution in [1.29, 1.82) is 0 Å². The topological polar surface area (TPSA) is 116 Å². The molecule has 6 nitrogen and oxygen atoms in total. The smallest absolute Gasteiger partial charge is 0.165 e. The largest absolute Gasteiger partial charge is 0.399 e. The standard InChI is InChI=1S/C12H17NO5S/c13-7-3-1-6(2-4-7)12(19)11(17)10(16)9(15)8(5-14)18-12/h1-4,8-11,14-17,19H,5,13H2/t8-,9+,10+,11-,12+/m1/s1. The fourth-order valence-electron chi connectivity index (χ4n) is 2.11. The quantitative estimate of drug-likeness (QED) is 0.301. The number of ether oxygens (including phenoxy) is 1. The minimum Gasteiger partial charge on any atom is -0.399 e. The molecule has 1 aliphatic rings. The van der Waals surface area contributed by atoms with E-state index in [1.165, 1.54) is 0 Å². The number of aliphatic hydroxyl groups excluding tert-OH is 4. The molecule has 1 aromatic carbocycles. The van der Waals surface area contributed by atoms with Gasteiger partial charge in [0.1, 0.15) is 24.4 Å². The van der Waals surface area contributed by atoms with Crippen LogP contribution in [0.5, 0.6) is 0 Å². The highest BCUT2D eigenvalue weighted by Gasteiger charge is 2.52. The van der Waals surface area contributed by atoms with Crippen molar-refractivity contribution in [3.05, 3.63) is 29.8 Å². The Kier molecular flexibility index (Phi) is 4.05. The number of rotatable bonds is 2. The molecular formula is C12H17NO5S. The third-order valence-electron chi connectivity index (χ3n) is 3.29. The summed E-state index contributed by atoms with van der Waals surface area (Å²) in [7, 11) is 0. The van der Waals surface area contributed by atoms with Gasteiger partial charge in [-0.25, -0.2) is 0 Å². The van der Waals surface area contributed by atoms with Gasteiger partial charge in [-0.15, -0.1) is 12.6 Å². The van der Waals surface area contributed by atoms with Gasteiger partial charge < -0.3 is 30.9 Å². The average molecular weight is 287 g/mol. The van der Waals surface area contributed by atoms with E-state index in [-0.39, 0.29) is 0 Å². The van der Waals surface area contributed by atoms with E-state index in [0.717, 1.165) is 0 Å². The van der Waals surface area contributed by atoms with Crippen LogP contribution >= 0.6 is 12.6 Å². The van der Waals surface area contributed by atoms with Crippen molar-refractivity contribution in [3.8, 4) is 0 Å². The predicted molar refractivity (Wildman–Crippen MR) is 71.5 cm³/mol. The van der Waals surface area contributed by atoms with Crippen LogP contribution < -0.4 is 5.73 Å². The molecule has 106 valence electrons. The molecule has 0 radical (unpaired) electrons. The lowest BCUT2D eigenvalue weighted by molar-refractivity contribution is -0.245. The molecule has 1 fully saturated rings. The first-order valence-electron chi connectivity index (χ1n) is 5.81. The lowest BCUT2D eigenvalue weighted by Gasteiger charge is -2.46. The number of nitrogen functional groups attached to an aromatic ring is 1. The Morgan fingerprint density at radius 1 is 1.16 bits per heavy atom. The van der Waals surface area contributed by atoms with Crippen molar-refractivity contribution < 1.29 is 25.2 Å². The molecular weight excluding hydrogens is 270 g/mol. The lowest BCUT2D eigenvalue weighted by atomic mass is 9.90. The van der Waals surface area contributed by atoms with Crippen LogP contribution in [0.1, 0.15) is 5.56 Å². The van der Waals surface area contributed by atoms with Crippen LogP contribution in [0.3, 0.4) is 0 Å². The highest BCUT2D eigenvalue weighted by Crippen LogP contribution is 2.41. The Bertz CT molecular complexity index is 440. The summed E-state index contributed by atoms with van der Waals surface area (Å²) < 4.78 is 5.46. The van der Waals surface area contributed by atoms with Crippen LogP contribution in [-0.2, 0) is 9.67 Å². The normalized spacial score (nSPS) is 39.2. The Morgan fingerprint density at radius 2 is 1.74 bits per heavy atom. The van der Waals surface area contributed by atoms with Gasteiger partial charge in [0.05, 0.1) is 6.61 Å². The molecule has 2 rings (SSSR count). The highest BCUT2D eigenvalue weighted by atomic mass is 32.1. The van der Waals surface area contributed by atoms with Gasteiger partial charge in [-0.3, -0.25) is 0 Å². The summed E-state index contributed by atoms with van der Waals surface area (Å²) in [4.78, 5) is -1.53. The van der Waals surface area contributed by atoms with Gasteiger partial charge in [0.2, 0.25) is 0 Å². The van der Waals surface area contributed by atoms with Crippen LogP contribution in [0.2, 0.25) is 0 Å². The van der Waals surface area contributed by atoms with Gasteiger partial charge in [0.25, 0.3) is 0 Å². The van der Waals surface area contributed by atoms with Gasteiger partial charge in [-0.05, 0) is 17.7 Å². The molecule has 1 aromatic rings. The zero-order valence-corrected chi connectivity index (χ0v) is 10.9. The molecule has 1 heterocycles. The van der Waals surface area contributed by atoms with E-state index in [1.807, 2.05) is 0 Å². The van der Waals surface area contributed by atoms with Gasteiger partial charge in [0, 0.05) is 5.69 Å². The monoisotopic (exact) mass is 287 g/mol. The molecule has 0 aliphatic carbocycles. The zero-order chi connectivity index (χ0) is 14.2. The summed E-state index contributed by atoms with van der Waals surface area (Å²) in [5, 5.41) is 38.8. The fourth-order valence-corrected chi connectivity index (χ4v) is 2.55. The molecule has 1 saturated heterocycles. The maximum Gasteiger partial charge on any atom is 0.165 e. The van der Waals surface area contributed by atoms with Crippen molar-refractivity contribution in [2.24, 2.45) is 0 Å². The van der Waals surface area contributed by atoms with E-state index in [9.17, 15) is 15.3 Å². The number of hydrogen-bond acceptors (Lipinski definition) is 7. The summed E-state index contributed by atoms with van der Waals surface area (Å²) in [6, 6.07) is 6.41. The molecule has 0 bridgehead atoms. The van der Waals surface area contributed by atoms with Gasteiger partial charge >= 0.3 is 0 Å². The van der Waals surface area contributed by atoms with Crippen LogP contribution in [0, 0.1) is 0 Å². The Labute approximate surface area is 115 Å². The highest BCUT2D eigenvalue weighted by molar-refractivity contribution is 7.81. The first kappa shape index (κ1) is 14.6. The average Bonchev–Trinajstić information content (AvgIpc) is 2.41. The number of aliphatic hydroxyl groups is 4. The number of hydrogen-bond donors (Lipinski definition) is 6. The van der Waals surface area contributed by atoms with Crippen molar-refractivity contribution in [3.63, 3.8) is 0 Å². The number of nitrogens with two attached hydrogens (primary N) is 1. The maximum absolute atomic E-state index is 10.1. The maximum atomic E-state index is 10.1. The van der Waals surface area contributed by atoms with Crippen LogP contribution in [0.15, 0.2) is 24.3 Å². The number of thiol groups is 1. The molecule has 7 heteroatoms. The van der Waals surface area contributed by atoms with Crippen LogP contribution in [-0.4, -0.2) is 51.4 Å². The van der Waals surface area contributed by atoms with Gasteiger partial charge in [-0.1, -0.05) is 12.1 Å². The second-order valence-corrected chi connectivity index (χ2v) is 5.25. The zero-order valence-electron chi connectivity index (χ0n) is 10.0. The Hall–Kier alpha value is -0.830. The van der Waals surface area contributed by atoms with E-state index in [2.05, 4.69) is 12.6 Å². The minimum atomic E-state index is -1.53. The van der Waals surface area contributed by atoms with Gasteiger partial charge in [-0.2, -0.15) is 0 Å². The molecule has 19 heavy (non-hydrogen) atoms. The van der Waals surface area contributed by atoms with Gasteiger partial charge in [0.15, 0.2) is 4.93 Å². The molecule has 0 amide bonds. The van der Waals surface area contributed by atoms with Crippen LogP contribution in [0.25, 0.3) is 0 Å². The molecule has 0 unspecified atom stereocenters. The van der Waals surface area contributed by atoms with Crippen LogP contribution in [0.4, 0.5) is 5.69 Å². The Morgan fingerprint density at radius 3 is 2.26 bits per heavy atom. The lowest BCUT2D eigenvalue weighted by Crippen LogP contribution is -2.61. The van der Waals surface area contributed by atoms with Crippen molar-refractivity contribution in [1.82, 2.24) is 0 Å². The number of benzene rings is 1. The summed E-state index contributed by atoms with van der Waals surface area (Å²) in [6.45, 7) is -0.498. The van der Waals surface area contributed by atoms with Crippen molar-refractivity contribution >= 4 is 18.3 Å². The summed E-state index contributed by atoms with van der Waals surface area (Å²) in [6.07, 6.45) is -5.33. The fraction of sp³-hybridized carbons (Fsp3) is 0.500. The Balaban J connectivity index is 2.37. The summed E-state index contributed by atoms with van der Waals surface area (Å²) in [5.74, 6) is 0. The second-order valence-electron chi connectivity index (χ2n) is 4.58. The molecule has 6 N–H and O–H groups in total. The van der Waals surface area contributed by atoms with E-state index in [1.54, 1.807) is 24.3 Å². The van der Waals surface area contributed by atoms with E-state index >= 15 is 0 Å². The predicted octanol–water partition coefficient (Wildman–Crippen LogP) is -1.17. The third-order valence-corrected chi connectivity index (χ3v) is 3.92. The minimum absolute atomic E-state index is 0.474. The first-order valence-corrected chi connectivity index (χ1v) is 6.26. The first-order chi connectivity index (χ1) is 8.90. The summed E-state index contributed by atoms with van der Waals surface area (Å²) >= 11 is 4.29. The molecule has 0 aromatic heterocycles. The van der Waals surface area contributed by atoms with E-state index in [0.29, 0.717) is 11.3 Å². The SMILES string of the molecule is Nc1ccc([C@@]2(S)O[C@H](CO)[C@H](O)[C@H](O)[C@H]2O)cc1.